The Morgan fingerprint density at radius 3 is 2.59 bits per heavy atom. The number of anilines is 3. The molecular weight excluding hydrogens is 348 g/mol. The lowest BCUT2D eigenvalue weighted by Crippen LogP contribution is -2.35. The average molecular weight is 368 g/mol. The zero-order valence-electron chi connectivity index (χ0n) is 14.8. The molecular formula is C18H20N6O3. The molecule has 0 aliphatic heterocycles. The molecule has 1 saturated carbocycles. The van der Waals surface area contributed by atoms with E-state index in [0.717, 1.165) is 12.8 Å². The molecule has 1 aliphatic carbocycles. The Labute approximate surface area is 156 Å². The van der Waals surface area contributed by atoms with Crippen LogP contribution in [0.4, 0.5) is 23.1 Å². The van der Waals surface area contributed by atoms with Crippen molar-refractivity contribution in [3.63, 3.8) is 0 Å². The Balaban J connectivity index is 1.78. The molecule has 0 unspecified atom stereocenters. The molecule has 0 saturated heterocycles. The maximum Gasteiger partial charge on any atom is 0.311 e. The first-order valence-electron chi connectivity index (χ1n) is 8.64. The summed E-state index contributed by atoms with van der Waals surface area (Å²) in [6.45, 7) is 1.83. The number of nitro groups is 1. The van der Waals surface area contributed by atoms with Crippen LogP contribution in [0.2, 0.25) is 0 Å². The summed E-state index contributed by atoms with van der Waals surface area (Å²) in [5.41, 5.74) is -0.403. The summed E-state index contributed by atoms with van der Waals surface area (Å²) in [4.78, 5) is 19.2. The topological polar surface area (TPSA) is 137 Å². The van der Waals surface area contributed by atoms with E-state index in [1.165, 1.54) is 12.3 Å². The normalized spacial score (nSPS) is 21.9. The minimum absolute atomic E-state index is 0.0741. The van der Waals surface area contributed by atoms with Gasteiger partial charge in [-0.2, -0.15) is 5.26 Å². The molecule has 0 radical (unpaired) electrons. The minimum Gasteiger partial charge on any atom is -0.390 e. The lowest BCUT2D eigenvalue weighted by atomic mass is 9.84. The highest BCUT2D eigenvalue weighted by Crippen LogP contribution is 2.31. The summed E-state index contributed by atoms with van der Waals surface area (Å²) in [7, 11) is 0. The highest BCUT2D eigenvalue weighted by molar-refractivity contribution is 5.66. The Bertz CT molecular complexity index is 866. The molecule has 1 aliphatic rings. The van der Waals surface area contributed by atoms with Crippen molar-refractivity contribution in [1.82, 2.24) is 9.97 Å². The van der Waals surface area contributed by atoms with Gasteiger partial charge in [0.05, 0.1) is 16.1 Å². The first-order chi connectivity index (χ1) is 12.9. The molecule has 9 heteroatoms. The van der Waals surface area contributed by atoms with Gasteiger partial charge in [-0.05, 0) is 50.8 Å². The smallest absolute Gasteiger partial charge is 0.311 e. The molecule has 2 aromatic rings. The van der Waals surface area contributed by atoms with Crippen LogP contribution in [-0.4, -0.2) is 31.6 Å². The van der Waals surface area contributed by atoms with Crippen LogP contribution in [-0.2, 0) is 0 Å². The van der Waals surface area contributed by atoms with Crippen LogP contribution in [0, 0.1) is 21.4 Å². The second-order valence-electron chi connectivity index (χ2n) is 6.91. The quantitative estimate of drug-likeness (QED) is 0.541. The molecule has 2 heterocycles. The molecule has 2 aromatic heterocycles. The maximum atomic E-state index is 11.3. The molecule has 9 nitrogen and oxygen atoms in total. The van der Waals surface area contributed by atoms with E-state index < -0.39 is 10.5 Å². The highest BCUT2D eigenvalue weighted by Gasteiger charge is 2.29. The average Bonchev–Trinajstić information content (AvgIpc) is 2.64. The molecule has 0 spiro atoms. The standard InChI is InChI=1S/C18H20N6O3/c1-18(25)8-6-13(7-9-18)21-16-5-3-14(24(26)27)17(23-16)22-15-4-2-12(10-19)11-20-15/h2-5,11,13,25H,6-9H2,1H3,(H2,20,21,22,23). The second-order valence-corrected chi connectivity index (χ2v) is 6.91. The van der Waals surface area contributed by atoms with Crippen LogP contribution in [0.3, 0.4) is 0 Å². The van der Waals surface area contributed by atoms with E-state index >= 15 is 0 Å². The Hall–Kier alpha value is -3.25. The maximum absolute atomic E-state index is 11.3. The van der Waals surface area contributed by atoms with Gasteiger partial charge in [-0.25, -0.2) is 9.97 Å². The third kappa shape index (κ3) is 4.68. The Morgan fingerprint density at radius 2 is 2.00 bits per heavy atom. The van der Waals surface area contributed by atoms with E-state index in [2.05, 4.69) is 20.6 Å². The van der Waals surface area contributed by atoms with Crippen molar-refractivity contribution in [2.45, 2.75) is 44.2 Å². The largest absolute Gasteiger partial charge is 0.390 e. The van der Waals surface area contributed by atoms with Gasteiger partial charge >= 0.3 is 5.69 Å². The minimum atomic E-state index is -0.630. The number of nitrogens with zero attached hydrogens (tertiary/aromatic N) is 4. The molecule has 3 N–H and O–H groups in total. The van der Waals surface area contributed by atoms with Crippen LogP contribution in [0.5, 0.6) is 0 Å². The van der Waals surface area contributed by atoms with E-state index in [4.69, 9.17) is 5.26 Å². The van der Waals surface area contributed by atoms with Crippen LogP contribution < -0.4 is 10.6 Å². The summed E-state index contributed by atoms with van der Waals surface area (Å²) >= 11 is 0. The van der Waals surface area contributed by atoms with E-state index in [1.54, 1.807) is 18.2 Å². The van der Waals surface area contributed by atoms with E-state index in [1.807, 2.05) is 13.0 Å². The molecule has 140 valence electrons. The van der Waals surface area contributed by atoms with Crippen molar-refractivity contribution >= 4 is 23.1 Å². The molecule has 0 atom stereocenters. The Morgan fingerprint density at radius 1 is 1.30 bits per heavy atom. The first-order valence-corrected chi connectivity index (χ1v) is 8.64. The van der Waals surface area contributed by atoms with Gasteiger partial charge in [0.1, 0.15) is 17.7 Å². The third-order valence-electron chi connectivity index (χ3n) is 4.62. The SMILES string of the molecule is CC1(O)CCC(Nc2ccc([N+](=O)[O-])c(Nc3ccc(C#N)cn3)n2)CC1. The monoisotopic (exact) mass is 368 g/mol. The fraction of sp³-hybridized carbons (Fsp3) is 0.389. The van der Waals surface area contributed by atoms with Crippen LogP contribution in [0.25, 0.3) is 0 Å². The van der Waals surface area contributed by atoms with Crippen molar-refractivity contribution in [2.24, 2.45) is 0 Å². The van der Waals surface area contributed by atoms with Gasteiger partial charge in [0.2, 0.25) is 5.82 Å². The van der Waals surface area contributed by atoms with Gasteiger partial charge in [0.15, 0.2) is 0 Å². The number of pyridine rings is 2. The number of nitriles is 1. The van der Waals surface area contributed by atoms with Crippen molar-refractivity contribution in [2.75, 3.05) is 10.6 Å². The number of rotatable bonds is 5. The van der Waals surface area contributed by atoms with Crippen molar-refractivity contribution in [3.05, 3.63) is 46.1 Å². The third-order valence-corrected chi connectivity index (χ3v) is 4.62. The molecule has 3 rings (SSSR count). The summed E-state index contributed by atoms with van der Waals surface area (Å²) in [6.07, 6.45) is 4.36. The fourth-order valence-electron chi connectivity index (χ4n) is 3.02. The molecule has 0 amide bonds. The first kappa shape index (κ1) is 18.5. The molecule has 0 bridgehead atoms. The lowest BCUT2D eigenvalue weighted by molar-refractivity contribution is -0.384. The van der Waals surface area contributed by atoms with Crippen molar-refractivity contribution in [1.29, 1.82) is 5.26 Å². The second kappa shape index (κ2) is 7.55. The number of aromatic nitrogens is 2. The fourth-order valence-corrected chi connectivity index (χ4v) is 3.02. The summed E-state index contributed by atoms with van der Waals surface area (Å²) in [5.74, 6) is 0.948. The zero-order valence-corrected chi connectivity index (χ0v) is 14.8. The molecule has 0 aromatic carbocycles. The zero-order chi connectivity index (χ0) is 19.4. The Kier molecular flexibility index (Phi) is 5.19. The van der Waals surface area contributed by atoms with Crippen molar-refractivity contribution in [3.8, 4) is 6.07 Å². The highest BCUT2D eigenvalue weighted by atomic mass is 16.6. The number of aliphatic hydroxyl groups is 1. The van der Waals surface area contributed by atoms with E-state index in [0.29, 0.717) is 30.0 Å². The van der Waals surface area contributed by atoms with Gasteiger partial charge in [-0.15, -0.1) is 0 Å². The molecule has 1 fully saturated rings. The van der Waals surface area contributed by atoms with E-state index in [9.17, 15) is 15.2 Å². The van der Waals surface area contributed by atoms with Gasteiger partial charge in [-0.3, -0.25) is 10.1 Å². The van der Waals surface area contributed by atoms with Crippen LogP contribution in [0.1, 0.15) is 38.2 Å². The predicted octanol–water partition coefficient (Wildman–Crippen LogP) is 3.11. The van der Waals surface area contributed by atoms with Crippen LogP contribution >= 0.6 is 0 Å². The van der Waals surface area contributed by atoms with E-state index in [-0.39, 0.29) is 17.5 Å². The lowest BCUT2D eigenvalue weighted by Gasteiger charge is -2.33. The van der Waals surface area contributed by atoms with Gasteiger partial charge in [0.25, 0.3) is 0 Å². The van der Waals surface area contributed by atoms with Gasteiger partial charge in [0, 0.05) is 18.3 Å². The number of hydrogen-bond donors (Lipinski definition) is 3. The van der Waals surface area contributed by atoms with Gasteiger partial charge in [-0.1, -0.05) is 0 Å². The number of hydrogen-bond acceptors (Lipinski definition) is 8. The summed E-state index contributed by atoms with van der Waals surface area (Å²) in [5, 5.41) is 36.3. The molecule has 27 heavy (non-hydrogen) atoms. The van der Waals surface area contributed by atoms with Crippen LogP contribution in [0.15, 0.2) is 30.5 Å². The summed E-state index contributed by atoms with van der Waals surface area (Å²) < 4.78 is 0. The van der Waals surface area contributed by atoms with Gasteiger partial charge < -0.3 is 15.7 Å². The predicted molar refractivity (Wildman–Crippen MR) is 99.6 cm³/mol. The number of nitrogens with one attached hydrogen (secondary N) is 2. The van der Waals surface area contributed by atoms with Crippen molar-refractivity contribution < 1.29 is 10.0 Å². The summed E-state index contributed by atoms with van der Waals surface area (Å²) in [6, 6.07) is 8.21.